The minimum Gasteiger partial charge on any atom is -0.462 e. The van der Waals surface area contributed by atoms with Crippen LogP contribution < -0.4 is 0 Å². The summed E-state index contributed by atoms with van der Waals surface area (Å²) in [6.45, 7) is 6.10. The molecular weight excluding hydrogens is 372 g/mol. The van der Waals surface area contributed by atoms with Crippen molar-refractivity contribution in [2.24, 2.45) is 23.7 Å². The number of aliphatic hydroxyl groups excluding tert-OH is 2. The molecule has 1 heterocycles. The summed E-state index contributed by atoms with van der Waals surface area (Å²) in [4.78, 5) is 24.0. The van der Waals surface area contributed by atoms with Gasteiger partial charge in [0.2, 0.25) is 0 Å². The van der Waals surface area contributed by atoms with Crippen LogP contribution in [0.1, 0.15) is 59.3 Å². The summed E-state index contributed by atoms with van der Waals surface area (Å²) in [6.07, 6.45) is 6.95. The molecule has 0 aromatic heterocycles. The number of esters is 2. The van der Waals surface area contributed by atoms with Gasteiger partial charge in [0.1, 0.15) is 12.2 Å². The molecule has 0 spiro atoms. The Kier molecular flexibility index (Phi) is 7.17. The van der Waals surface area contributed by atoms with E-state index in [2.05, 4.69) is 13.0 Å². The van der Waals surface area contributed by atoms with Crippen molar-refractivity contribution in [3.8, 4) is 0 Å². The number of allylic oxidation sites excluding steroid dienone is 2. The molecule has 1 aliphatic heterocycles. The standard InChI is InChI=1S/C23H34O6/c1-13(2)7-21(26)29-20-11-16(24)9-15-5-4-6-19(23(15)20)14(3)8-18-10-17(25)12-22(27)28-18/h4-5,9,13-14,16-20,23-25H,6-8,10-12H2,1-3H3/t14-,16+,17+,18+,19-,20-,23-/m0/s1. The molecule has 0 radical (unpaired) electrons. The maximum absolute atomic E-state index is 12.3. The van der Waals surface area contributed by atoms with Crippen molar-refractivity contribution in [1.82, 2.24) is 0 Å². The zero-order valence-corrected chi connectivity index (χ0v) is 17.6. The van der Waals surface area contributed by atoms with E-state index < -0.39 is 12.2 Å². The predicted molar refractivity (Wildman–Crippen MR) is 108 cm³/mol. The Morgan fingerprint density at radius 2 is 2.03 bits per heavy atom. The molecule has 0 aromatic rings. The monoisotopic (exact) mass is 406 g/mol. The number of rotatable bonds is 6. The van der Waals surface area contributed by atoms with E-state index in [1.54, 1.807) is 0 Å². The van der Waals surface area contributed by atoms with Gasteiger partial charge in [-0.15, -0.1) is 0 Å². The Hall–Kier alpha value is -1.66. The van der Waals surface area contributed by atoms with E-state index in [0.29, 0.717) is 25.7 Å². The molecule has 1 fully saturated rings. The van der Waals surface area contributed by atoms with Crippen LogP contribution in [0.3, 0.4) is 0 Å². The summed E-state index contributed by atoms with van der Waals surface area (Å²) < 4.78 is 11.3. The highest BCUT2D eigenvalue weighted by Gasteiger charge is 2.42. The van der Waals surface area contributed by atoms with Crippen LogP contribution in [0.4, 0.5) is 0 Å². The number of fused-ring (bicyclic) bond motifs is 1. The van der Waals surface area contributed by atoms with Crippen molar-refractivity contribution < 1.29 is 29.3 Å². The van der Waals surface area contributed by atoms with Crippen LogP contribution in [-0.2, 0) is 19.1 Å². The van der Waals surface area contributed by atoms with Gasteiger partial charge in [-0.2, -0.15) is 0 Å². The van der Waals surface area contributed by atoms with Gasteiger partial charge in [0, 0.05) is 25.2 Å². The normalized spacial score (nSPS) is 35.5. The number of hydrogen-bond acceptors (Lipinski definition) is 6. The first-order chi connectivity index (χ1) is 13.7. The predicted octanol–water partition coefficient (Wildman–Crippen LogP) is 2.92. The average Bonchev–Trinajstić information content (AvgIpc) is 2.59. The lowest BCUT2D eigenvalue weighted by molar-refractivity contribution is -0.163. The van der Waals surface area contributed by atoms with Crippen LogP contribution in [0, 0.1) is 23.7 Å². The van der Waals surface area contributed by atoms with Gasteiger partial charge in [-0.05, 0) is 36.2 Å². The van der Waals surface area contributed by atoms with Crippen LogP contribution >= 0.6 is 0 Å². The van der Waals surface area contributed by atoms with Gasteiger partial charge in [0.25, 0.3) is 0 Å². The second kappa shape index (κ2) is 9.43. The molecule has 2 aliphatic carbocycles. The largest absolute Gasteiger partial charge is 0.462 e. The van der Waals surface area contributed by atoms with Crippen molar-refractivity contribution in [3.63, 3.8) is 0 Å². The van der Waals surface area contributed by atoms with E-state index in [-0.39, 0.29) is 54.2 Å². The molecule has 0 unspecified atom stereocenters. The molecule has 162 valence electrons. The molecule has 29 heavy (non-hydrogen) atoms. The molecule has 1 saturated heterocycles. The number of ether oxygens (including phenoxy) is 2. The Balaban J connectivity index is 1.73. The second-order valence-electron chi connectivity index (χ2n) is 9.34. The van der Waals surface area contributed by atoms with Crippen molar-refractivity contribution in [2.75, 3.05) is 0 Å². The summed E-state index contributed by atoms with van der Waals surface area (Å²) in [5.41, 5.74) is 1.02. The fourth-order valence-corrected chi connectivity index (χ4v) is 5.05. The van der Waals surface area contributed by atoms with Gasteiger partial charge in [0.15, 0.2) is 0 Å². The molecule has 6 heteroatoms. The van der Waals surface area contributed by atoms with E-state index in [9.17, 15) is 19.8 Å². The van der Waals surface area contributed by atoms with Crippen LogP contribution in [0.15, 0.2) is 23.8 Å². The van der Waals surface area contributed by atoms with Crippen LogP contribution in [-0.4, -0.2) is 46.6 Å². The van der Waals surface area contributed by atoms with Crippen molar-refractivity contribution in [3.05, 3.63) is 23.8 Å². The Morgan fingerprint density at radius 3 is 2.72 bits per heavy atom. The molecule has 0 bridgehead atoms. The van der Waals surface area contributed by atoms with E-state index in [0.717, 1.165) is 12.0 Å². The first kappa shape index (κ1) is 22.0. The maximum Gasteiger partial charge on any atom is 0.308 e. The fourth-order valence-electron chi connectivity index (χ4n) is 5.05. The van der Waals surface area contributed by atoms with Gasteiger partial charge in [0.05, 0.1) is 18.6 Å². The molecular formula is C23H34O6. The zero-order chi connectivity index (χ0) is 21.1. The fraction of sp³-hybridized carbons (Fsp3) is 0.739. The number of carbonyl (C=O) groups is 2. The number of cyclic esters (lactones) is 1. The lowest BCUT2D eigenvalue weighted by atomic mass is 9.66. The summed E-state index contributed by atoms with van der Waals surface area (Å²) >= 11 is 0. The minimum absolute atomic E-state index is 0.0266. The van der Waals surface area contributed by atoms with E-state index in [4.69, 9.17) is 9.47 Å². The quantitative estimate of drug-likeness (QED) is 0.659. The van der Waals surface area contributed by atoms with Gasteiger partial charge in [-0.1, -0.05) is 39.0 Å². The smallest absolute Gasteiger partial charge is 0.308 e. The van der Waals surface area contributed by atoms with Crippen LogP contribution in [0.5, 0.6) is 0 Å². The molecule has 0 amide bonds. The van der Waals surface area contributed by atoms with Crippen molar-refractivity contribution in [2.45, 2.75) is 83.7 Å². The van der Waals surface area contributed by atoms with E-state index in [1.165, 1.54) is 0 Å². The Labute approximate surface area is 173 Å². The Bertz CT molecular complexity index is 666. The highest BCUT2D eigenvalue weighted by molar-refractivity contribution is 5.71. The Morgan fingerprint density at radius 1 is 1.28 bits per heavy atom. The number of aliphatic hydroxyl groups is 2. The van der Waals surface area contributed by atoms with Gasteiger partial charge in [-0.3, -0.25) is 9.59 Å². The summed E-state index contributed by atoms with van der Waals surface area (Å²) in [5, 5.41) is 20.2. The average molecular weight is 407 g/mol. The van der Waals surface area contributed by atoms with Crippen molar-refractivity contribution in [1.29, 1.82) is 0 Å². The molecule has 3 rings (SSSR count). The molecule has 3 aliphatic rings. The minimum atomic E-state index is -0.635. The molecule has 0 saturated carbocycles. The third-order valence-corrected chi connectivity index (χ3v) is 6.28. The summed E-state index contributed by atoms with van der Waals surface area (Å²) in [7, 11) is 0. The van der Waals surface area contributed by atoms with Gasteiger partial charge >= 0.3 is 11.9 Å². The highest BCUT2D eigenvalue weighted by Crippen LogP contribution is 2.44. The molecule has 0 aromatic carbocycles. The number of hydrogen-bond donors (Lipinski definition) is 2. The van der Waals surface area contributed by atoms with Gasteiger partial charge < -0.3 is 19.7 Å². The second-order valence-corrected chi connectivity index (χ2v) is 9.34. The highest BCUT2D eigenvalue weighted by atomic mass is 16.5. The SMILES string of the molecule is CC(C)CC(=O)O[C@H]1C[C@H](O)C=C2C=CC[C@@H]([C@@H](C)C[C@@H]3C[C@@H](O)CC(=O)O3)[C@H]21. The number of carbonyl (C=O) groups excluding carboxylic acids is 2. The van der Waals surface area contributed by atoms with E-state index in [1.807, 2.05) is 26.0 Å². The van der Waals surface area contributed by atoms with Crippen LogP contribution in [0.25, 0.3) is 0 Å². The van der Waals surface area contributed by atoms with Gasteiger partial charge in [-0.25, -0.2) is 0 Å². The summed E-state index contributed by atoms with van der Waals surface area (Å²) in [5.74, 6) is 0.111. The molecule has 6 nitrogen and oxygen atoms in total. The molecule has 2 N–H and O–H groups in total. The third-order valence-electron chi connectivity index (χ3n) is 6.28. The maximum atomic E-state index is 12.3. The zero-order valence-electron chi connectivity index (χ0n) is 17.6. The van der Waals surface area contributed by atoms with Crippen molar-refractivity contribution >= 4 is 11.9 Å². The lowest BCUT2D eigenvalue weighted by Crippen LogP contribution is -2.43. The first-order valence-corrected chi connectivity index (χ1v) is 10.9. The van der Waals surface area contributed by atoms with Crippen LogP contribution in [0.2, 0.25) is 0 Å². The summed E-state index contributed by atoms with van der Waals surface area (Å²) in [6, 6.07) is 0. The third kappa shape index (κ3) is 5.70. The molecule has 7 atom stereocenters. The van der Waals surface area contributed by atoms with E-state index >= 15 is 0 Å². The topological polar surface area (TPSA) is 93.1 Å². The first-order valence-electron chi connectivity index (χ1n) is 10.9. The lowest BCUT2D eigenvalue weighted by Gasteiger charge is -2.43.